The second-order valence-electron chi connectivity index (χ2n) is 3.58. The molecule has 0 saturated heterocycles. The molecule has 0 saturated carbocycles. The Hall–Kier alpha value is -0.570. The molecule has 0 spiro atoms. The van der Waals surface area contributed by atoms with Crippen LogP contribution >= 0.6 is 0 Å². The molecular formula is C9H19NO2. The summed E-state index contributed by atoms with van der Waals surface area (Å²) in [7, 11) is 0. The first-order valence-electron chi connectivity index (χ1n) is 4.46. The highest BCUT2D eigenvalue weighted by Crippen LogP contribution is 2.02. The van der Waals surface area contributed by atoms with Crippen molar-refractivity contribution in [1.29, 1.82) is 0 Å². The van der Waals surface area contributed by atoms with Gasteiger partial charge < -0.3 is 10.4 Å². The number of aliphatic hydroxyl groups excluding tert-OH is 1. The highest BCUT2D eigenvalue weighted by atomic mass is 16.3. The van der Waals surface area contributed by atoms with Crippen molar-refractivity contribution in [2.75, 3.05) is 6.61 Å². The summed E-state index contributed by atoms with van der Waals surface area (Å²) in [5.41, 5.74) is 0. The van der Waals surface area contributed by atoms with Crippen molar-refractivity contribution in [2.45, 2.75) is 39.7 Å². The summed E-state index contributed by atoms with van der Waals surface area (Å²) in [6.45, 7) is 5.96. The largest absolute Gasteiger partial charge is 0.394 e. The normalized spacial score (nSPS) is 13.1. The Morgan fingerprint density at radius 3 is 2.42 bits per heavy atom. The Morgan fingerprint density at radius 1 is 1.42 bits per heavy atom. The first-order valence-corrected chi connectivity index (χ1v) is 4.46. The highest BCUT2D eigenvalue weighted by molar-refractivity contribution is 5.76. The molecule has 0 aliphatic carbocycles. The third kappa shape index (κ3) is 6.16. The summed E-state index contributed by atoms with van der Waals surface area (Å²) < 4.78 is 0. The fraction of sp³-hybridized carbons (Fsp3) is 0.889. The number of amides is 1. The second kappa shape index (κ2) is 6.00. The maximum absolute atomic E-state index is 11.1. The quantitative estimate of drug-likeness (QED) is 0.649. The fourth-order valence-electron chi connectivity index (χ4n) is 0.812. The molecule has 0 aromatic rings. The van der Waals surface area contributed by atoms with Crippen LogP contribution in [0.5, 0.6) is 0 Å². The zero-order valence-electron chi connectivity index (χ0n) is 8.13. The van der Waals surface area contributed by atoms with Gasteiger partial charge in [-0.2, -0.15) is 0 Å². The molecule has 0 aliphatic rings. The second-order valence-corrected chi connectivity index (χ2v) is 3.58. The Balaban J connectivity index is 3.46. The maximum atomic E-state index is 11.1. The van der Waals surface area contributed by atoms with Crippen LogP contribution in [0, 0.1) is 5.92 Å². The standard InChI is InChI=1S/C9H19NO2/c1-7(2)4-5-9(12)10-8(3)6-11/h7-8,11H,4-6H2,1-3H3,(H,10,12)/t8-/m1/s1. The topological polar surface area (TPSA) is 49.3 Å². The third-order valence-corrected chi connectivity index (χ3v) is 1.63. The average Bonchev–Trinajstić information content (AvgIpc) is 2.00. The average molecular weight is 173 g/mol. The molecular weight excluding hydrogens is 154 g/mol. The molecule has 0 aromatic carbocycles. The summed E-state index contributed by atoms with van der Waals surface area (Å²) in [6, 6.07) is -0.121. The Bertz CT molecular complexity index is 134. The monoisotopic (exact) mass is 173 g/mol. The van der Waals surface area contributed by atoms with Gasteiger partial charge in [0.2, 0.25) is 5.91 Å². The van der Waals surface area contributed by atoms with Crippen molar-refractivity contribution in [1.82, 2.24) is 5.32 Å². The van der Waals surface area contributed by atoms with Gasteiger partial charge in [0.25, 0.3) is 0 Å². The van der Waals surface area contributed by atoms with E-state index in [0.29, 0.717) is 12.3 Å². The maximum Gasteiger partial charge on any atom is 0.220 e. The van der Waals surface area contributed by atoms with Gasteiger partial charge in [0.05, 0.1) is 6.61 Å². The number of carbonyl (C=O) groups excluding carboxylic acids is 1. The molecule has 72 valence electrons. The van der Waals surface area contributed by atoms with Crippen molar-refractivity contribution < 1.29 is 9.90 Å². The van der Waals surface area contributed by atoms with Crippen LogP contribution in [0.2, 0.25) is 0 Å². The van der Waals surface area contributed by atoms with E-state index in [-0.39, 0.29) is 18.6 Å². The van der Waals surface area contributed by atoms with Crippen molar-refractivity contribution in [2.24, 2.45) is 5.92 Å². The van der Waals surface area contributed by atoms with Crippen LogP contribution in [0.25, 0.3) is 0 Å². The fourth-order valence-corrected chi connectivity index (χ4v) is 0.812. The van der Waals surface area contributed by atoms with E-state index in [1.54, 1.807) is 6.92 Å². The zero-order chi connectivity index (χ0) is 9.56. The summed E-state index contributed by atoms with van der Waals surface area (Å²) in [5.74, 6) is 0.588. The minimum Gasteiger partial charge on any atom is -0.394 e. The van der Waals surface area contributed by atoms with Gasteiger partial charge in [0.15, 0.2) is 0 Å². The van der Waals surface area contributed by atoms with E-state index >= 15 is 0 Å². The van der Waals surface area contributed by atoms with Crippen molar-refractivity contribution in [3.8, 4) is 0 Å². The zero-order valence-corrected chi connectivity index (χ0v) is 8.13. The molecule has 3 nitrogen and oxygen atoms in total. The SMILES string of the molecule is CC(C)CCC(=O)N[C@H](C)CO. The highest BCUT2D eigenvalue weighted by Gasteiger charge is 2.06. The van der Waals surface area contributed by atoms with Crippen LogP contribution in [0.4, 0.5) is 0 Å². The van der Waals surface area contributed by atoms with Gasteiger partial charge in [-0.15, -0.1) is 0 Å². The van der Waals surface area contributed by atoms with E-state index < -0.39 is 0 Å². The lowest BCUT2D eigenvalue weighted by Gasteiger charge is -2.11. The number of rotatable bonds is 5. The van der Waals surface area contributed by atoms with E-state index in [0.717, 1.165) is 6.42 Å². The molecule has 0 fully saturated rings. The van der Waals surface area contributed by atoms with E-state index in [1.165, 1.54) is 0 Å². The molecule has 0 unspecified atom stereocenters. The summed E-state index contributed by atoms with van der Waals surface area (Å²) >= 11 is 0. The van der Waals surface area contributed by atoms with E-state index in [2.05, 4.69) is 19.2 Å². The van der Waals surface area contributed by atoms with Gasteiger partial charge >= 0.3 is 0 Å². The number of aliphatic hydroxyl groups is 1. The lowest BCUT2D eigenvalue weighted by Crippen LogP contribution is -2.34. The van der Waals surface area contributed by atoms with E-state index in [9.17, 15) is 4.79 Å². The van der Waals surface area contributed by atoms with Gasteiger partial charge in [-0.1, -0.05) is 13.8 Å². The van der Waals surface area contributed by atoms with Crippen LogP contribution in [0.15, 0.2) is 0 Å². The summed E-state index contributed by atoms with van der Waals surface area (Å²) in [6.07, 6.45) is 1.46. The molecule has 12 heavy (non-hydrogen) atoms. The van der Waals surface area contributed by atoms with Crippen LogP contribution in [-0.4, -0.2) is 23.7 Å². The third-order valence-electron chi connectivity index (χ3n) is 1.63. The van der Waals surface area contributed by atoms with Crippen molar-refractivity contribution in [3.05, 3.63) is 0 Å². The predicted molar refractivity (Wildman–Crippen MR) is 48.8 cm³/mol. The van der Waals surface area contributed by atoms with Gasteiger partial charge in [-0.25, -0.2) is 0 Å². The van der Waals surface area contributed by atoms with Gasteiger partial charge in [0.1, 0.15) is 0 Å². The van der Waals surface area contributed by atoms with E-state index in [4.69, 9.17) is 5.11 Å². The Kier molecular flexibility index (Phi) is 5.72. The molecule has 0 heterocycles. The Labute approximate surface area is 74.2 Å². The van der Waals surface area contributed by atoms with Crippen LogP contribution in [0.1, 0.15) is 33.6 Å². The minimum atomic E-state index is -0.121. The number of nitrogens with one attached hydrogen (secondary N) is 1. The van der Waals surface area contributed by atoms with Gasteiger partial charge in [-0.3, -0.25) is 4.79 Å². The lowest BCUT2D eigenvalue weighted by atomic mass is 10.1. The Morgan fingerprint density at radius 2 is 2.00 bits per heavy atom. The summed E-state index contributed by atoms with van der Waals surface area (Å²) in [4.78, 5) is 11.1. The van der Waals surface area contributed by atoms with Crippen LogP contribution in [-0.2, 0) is 4.79 Å². The molecule has 1 atom stereocenters. The molecule has 0 bridgehead atoms. The molecule has 1 amide bonds. The predicted octanol–water partition coefficient (Wildman–Crippen LogP) is 0.920. The van der Waals surface area contributed by atoms with Gasteiger partial charge in [-0.05, 0) is 19.3 Å². The molecule has 0 radical (unpaired) electrons. The molecule has 3 heteroatoms. The molecule has 0 aliphatic heterocycles. The first-order chi connectivity index (χ1) is 5.56. The molecule has 0 aromatic heterocycles. The van der Waals surface area contributed by atoms with E-state index in [1.807, 2.05) is 0 Å². The molecule has 0 rings (SSSR count). The van der Waals surface area contributed by atoms with Crippen molar-refractivity contribution in [3.63, 3.8) is 0 Å². The van der Waals surface area contributed by atoms with Crippen LogP contribution < -0.4 is 5.32 Å². The smallest absolute Gasteiger partial charge is 0.220 e. The number of carbonyl (C=O) groups is 1. The minimum absolute atomic E-state index is 0.00736. The number of hydrogen-bond acceptors (Lipinski definition) is 2. The van der Waals surface area contributed by atoms with Crippen LogP contribution in [0.3, 0.4) is 0 Å². The molecule has 2 N–H and O–H groups in total. The van der Waals surface area contributed by atoms with Crippen molar-refractivity contribution >= 4 is 5.91 Å². The first kappa shape index (κ1) is 11.4. The number of hydrogen-bond donors (Lipinski definition) is 2. The summed E-state index contributed by atoms with van der Waals surface area (Å²) in [5, 5.41) is 11.3. The van der Waals surface area contributed by atoms with Gasteiger partial charge in [0, 0.05) is 12.5 Å². The lowest BCUT2D eigenvalue weighted by molar-refractivity contribution is -0.122.